The van der Waals surface area contributed by atoms with Gasteiger partial charge in [0.1, 0.15) is 34.6 Å². The summed E-state index contributed by atoms with van der Waals surface area (Å²) in [5.41, 5.74) is 5.77. The van der Waals surface area contributed by atoms with E-state index in [9.17, 15) is 0 Å². The molecule has 2 aromatic carbocycles. The predicted octanol–water partition coefficient (Wildman–Crippen LogP) is 5.76. The number of H-pyrrole nitrogens is 1. The Morgan fingerprint density at radius 1 is 1.13 bits per heavy atom. The Kier molecular flexibility index (Phi) is 6.40. The lowest BCUT2D eigenvalue weighted by Gasteiger charge is -2.21. The molecule has 1 aliphatic heterocycles. The van der Waals surface area contributed by atoms with E-state index in [2.05, 4.69) is 20.8 Å². The standard InChI is InChI=1S/C29H31N7O3/c1-15-24(16(2)39-36-15)20-13-22-19(14-23(20)37-4)25-28(32-22)34-27(17-9-11-38-12-10-17)35-29(25)33-26(30)18-7-5-6-8-21(18)31-3/h5-8,13-14,17,31H,9-12H2,1-4H3,(H3,30,32,33,34,35). The Bertz CT molecular complexity index is 1680. The first kappa shape index (κ1) is 24.9. The van der Waals surface area contributed by atoms with Crippen LogP contribution in [0.1, 0.15) is 41.6 Å². The van der Waals surface area contributed by atoms with E-state index >= 15 is 0 Å². The molecule has 6 rings (SSSR count). The number of hydrogen-bond donors (Lipinski definition) is 4. The van der Waals surface area contributed by atoms with Gasteiger partial charge in [0.2, 0.25) is 0 Å². The van der Waals surface area contributed by atoms with E-state index in [-0.39, 0.29) is 11.8 Å². The summed E-state index contributed by atoms with van der Waals surface area (Å²) in [7, 11) is 3.50. The molecule has 1 saturated heterocycles. The van der Waals surface area contributed by atoms with Gasteiger partial charge in [0.15, 0.2) is 0 Å². The van der Waals surface area contributed by atoms with Crippen molar-refractivity contribution in [2.45, 2.75) is 32.6 Å². The van der Waals surface area contributed by atoms with Gasteiger partial charge < -0.3 is 29.6 Å². The Morgan fingerprint density at radius 3 is 2.64 bits per heavy atom. The average Bonchev–Trinajstić information content (AvgIpc) is 3.50. The minimum atomic E-state index is 0.182. The fourth-order valence-corrected chi connectivity index (χ4v) is 5.41. The second kappa shape index (κ2) is 10.0. The highest BCUT2D eigenvalue weighted by Gasteiger charge is 2.25. The summed E-state index contributed by atoms with van der Waals surface area (Å²) in [6.07, 6.45) is 1.71. The van der Waals surface area contributed by atoms with Crippen molar-refractivity contribution < 1.29 is 14.0 Å². The first-order valence-corrected chi connectivity index (χ1v) is 13.0. The third-order valence-corrected chi connectivity index (χ3v) is 7.39. The highest BCUT2D eigenvalue weighted by Crippen LogP contribution is 2.41. The molecule has 1 aliphatic rings. The minimum absolute atomic E-state index is 0.182. The number of para-hydroxylation sites is 1. The zero-order chi connectivity index (χ0) is 27.1. The summed E-state index contributed by atoms with van der Waals surface area (Å²) >= 11 is 0. The van der Waals surface area contributed by atoms with Crippen molar-refractivity contribution in [3.63, 3.8) is 0 Å². The molecule has 0 spiro atoms. The molecule has 10 nitrogen and oxygen atoms in total. The van der Waals surface area contributed by atoms with Gasteiger partial charge >= 0.3 is 0 Å². The maximum atomic E-state index is 8.93. The number of hydrogen-bond acceptors (Lipinski definition) is 8. The Labute approximate surface area is 225 Å². The van der Waals surface area contributed by atoms with E-state index in [1.165, 1.54) is 0 Å². The van der Waals surface area contributed by atoms with Gasteiger partial charge in [-0.1, -0.05) is 17.3 Å². The maximum Gasteiger partial charge on any atom is 0.145 e. The summed E-state index contributed by atoms with van der Waals surface area (Å²) < 4.78 is 16.9. The summed E-state index contributed by atoms with van der Waals surface area (Å²) in [5, 5.41) is 21.2. The predicted molar refractivity (Wildman–Crippen MR) is 152 cm³/mol. The smallest absolute Gasteiger partial charge is 0.145 e. The lowest BCUT2D eigenvalue weighted by atomic mass is 9.99. The molecule has 0 unspecified atom stereocenters. The molecule has 0 saturated carbocycles. The number of nitrogens with one attached hydrogen (secondary N) is 4. The summed E-state index contributed by atoms with van der Waals surface area (Å²) in [4.78, 5) is 13.5. The van der Waals surface area contributed by atoms with Crippen LogP contribution in [-0.4, -0.2) is 53.3 Å². The van der Waals surface area contributed by atoms with Crippen molar-refractivity contribution in [1.82, 2.24) is 20.1 Å². The van der Waals surface area contributed by atoms with Gasteiger partial charge in [0.05, 0.1) is 23.8 Å². The highest BCUT2D eigenvalue weighted by molar-refractivity contribution is 6.18. The third kappa shape index (κ3) is 4.36. The van der Waals surface area contributed by atoms with Crippen LogP contribution in [0, 0.1) is 19.3 Å². The van der Waals surface area contributed by atoms with E-state index in [0.29, 0.717) is 30.4 Å². The van der Waals surface area contributed by atoms with Crippen molar-refractivity contribution in [3.8, 4) is 16.9 Å². The molecular formula is C29H31N7O3. The van der Waals surface area contributed by atoms with E-state index in [1.807, 2.05) is 57.3 Å². The number of rotatable bonds is 6. The van der Waals surface area contributed by atoms with Crippen LogP contribution in [0.5, 0.6) is 5.75 Å². The van der Waals surface area contributed by atoms with Crippen LogP contribution in [0.3, 0.4) is 0 Å². The summed E-state index contributed by atoms with van der Waals surface area (Å²) in [6, 6.07) is 11.7. The zero-order valence-corrected chi connectivity index (χ0v) is 22.4. The van der Waals surface area contributed by atoms with Crippen LogP contribution in [0.25, 0.3) is 33.1 Å². The number of ether oxygens (including phenoxy) is 2. The number of amidine groups is 1. The van der Waals surface area contributed by atoms with Crippen molar-refractivity contribution in [3.05, 3.63) is 59.2 Å². The molecule has 0 amide bonds. The fourth-order valence-electron chi connectivity index (χ4n) is 5.41. The van der Waals surface area contributed by atoms with Crippen LogP contribution in [0.15, 0.2) is 40.9 Å². The van der Waals surface area contributed by atoms with Crippen LogP contribution in [0.4, 0.5) is 11.5 Å². The molecule has 200 valence electrons. The SMILES string of the molecule is CNc1ccccc1C(=N)Nc1nc(C2CCOCC2)nc2[nH]c3cc(-c4c(C)noc4C)c(OC)cc3c12. The molecule has 10 heteroatoms. The van der Waals surface area contributed by atoms with Crippen molar-refractivity contribution in [1.29, 1.82) is 5.41 Å². The molecule has 0 aliphatic carbocycles. The second-order valence-electron chi connectivity index (χ2n) is 9.76. The van der Waals surface area contributed by atoms with Gasteiger partial charge in [-0.05, 0) is 51.0 Å². The van der Waals surface area contributed by atoms with Gasteiger partial charge in [-0.25, -0.2) is 9.97 Å². The molecule has 1 fully saturated rings. The third-order valence-electron chi connectivity index (χ3n) is 7.39. The Balaban J connectivity index is 1.55. The zero-order valence-electron chi connectivity index (χ0n) is 22.4. The van der Waals surface area contributed by atoms with Gasteiger partial charge in [0, 0.05) is 53.9 Å². The molecule has 3 aromatic heterocycles. The van der Waals surface area contributed by atoms with Gasteiger partial charge in [-0.15, -0.1) is 0 Å². The highest BCUT2D eigenvalue weighted by atomic mass is 16.5. The molecule has 0 bridgehead atoms. The monoisotopic (exact) mass is 525 g/mol. The average molecular weight is 526 g/mol. The summed E-state index contributed by atoms with van der Waals surface area (Å²) in [6.45, 7) is 5.19. The number of benzene rings is 2. The quantitative estimate of drug-likeness (QED) is 0.162. The Hall–Kier alpha value is -4.44. The Morgan fingerprint density at radius 2 is 1.92 bits per heavy atom. The number of anilines is 2. The van der Waals surface area contributed by atoms with E-state index < -0.39 is 0 Å². The number of aromatic amines is 1. The number of nitrogens with zero attached hydrogens (tertiary/aromatic N) is 3. The van der Waals surface area contributed by atoms with E-state index in [0.717, 1.165) is 68.8 Å². The lowest BCUT2D eigenvalue weighted by Crippen LogP contribution is -2.19. The maximum absolute atomic E-state index is 8.93. The lowest BCUT2D eigenvalue weighted by molar-refractivity contribution is 0.0837. The number of methoxy groups -OCH3 is 1. The van der Waals surface area contributed by atoms with Crippen LogP contribution in [0.2, 0.25) is 0 Å². The first-order chi connectivity index (χ1) is 19.0. The van der Waals surface area contributed by atoms with Gasteiger partial charge in [0.25, 0.3) is 0 Å². The molecule has 0 radical (unpaired) electrons. The van der Waals surface area contributed by atoms with Crippen molar-refractivity contribution >= 4 is 39.3 Å². The molecule has 0 atom stereocenters. The second-order valence-corrected chi connectivity index (χ2v) is 9.76. The topological polar surface area (TPSA) is 134 Å². The van der Waals surface area contributed by atoms with Crippen LogP contribution >= 0.6 is 0 Å². The van der Waals surface area contributed by atoms with Crippen molar-refractivity contribution in [2.24, 2.45) is 0 Å². The van der Waals surface area contributed by atoms with Gasteiger partial charge in [-0.2, -0.15) is 0 Å². The molecule has 4 N–H and O–H groups in total. The molecule has 4 heterocycles. The fraction of sp³-hybridized carbons (Fsp3) is 0.310. The van der Waals surface area contributed by atoms with Gasteiger partial charge in [-0.3, -0.25) is 5.41 Å². The molecule has 5 aromatic rings. The van der Waals surface area contributed by atoms with E-state index in [4.69, 9.17) is 29.4 Å². The number of aromatic nitrogens is 4. The summed E-state index contributed by atoms with van der Waals surface area (Å²) in [5.74, 6) is 3.16. The molecular weight excluding hydrogens is 494 g/mol. The molecule has 39 heavy (non-hydrogen) atoms. The van der Waals surface area contributed by atoms with Crippen molar-refractivity contribution in [2.75, 3.05) is 38.0 Å². The minimum Gasteiger partial charge on any atom is -0.496 e. The van der Waals surface area contributed by atoms with E-state index in [1.54, 1.807) is 7.11 Å². The normalized spacial score (nSPS) is 14.2. The number of aryl methyl sites for hydroxylation is 2. The van der Waals surface area contributed by atoms with Crippen LogP contribution < -0.4 is 15.4 Å². The van der Waals surface area contributed by atoms with Crippen LogP contribution in [-0.2, 0) is 4.74 Å². The number of fused-ring (bicyclic) bond motifs is 3. The largest absolute Gasteiger partial charge is 0.496 e. The first-order valence-electron chi connectivity index (χ1n) is 13.0.